The van der Waals surface area contributed by atoms with E-state index < -0.39 is 24.0 Å². The third kappa shape index (κ3) is 5.42. The molecular weight excluding hydrogens is 482 g/mol. The largest absolute Gasteiger partial charge is 0.497 e. The standard InChI is InChI=1S/C31H39NO6/c1-18(2)25-16-7-19(3)17-26(25)38-31(35)29-27(20(4)33)30(34)32(29)28(21-8-12-23(36-5)13-9-21)22-10-14-24(37-6)15-11-22/h8-15,18-19,25-29H,7,16-17H2,1-6H3/t19?,25?,26?,27-,29+/m0/s1. The van der Waals surface area contributed by atoms with E-state index in [1.54, 1.807) is 14.2 Å². The molecule has 5 atom stereocenters. The van der Waals surface area contributed by atoms with Gasteiger partial charge in [-0.15, -0.1) is 0 Å². The quantitative estimate of drug-likeness (QED) is 0.256. The highest BCUT2D eigenvalue weighted by Gasteiger charge is 2.58. The summed E-state index contributed by atoms with van der Waals surface area (Å²) in [6.45, 7) is 7.86. The van der Waals surface area contributed by atoms with Gasteiger partial charge in [0, 0.05) is 0 Å². The first kappa shape index (κ1) is 27.7. The van der Waals surface area contributed by atoms with E-state index in [0.717, 1.165) is 30.4 Å². The molecule has 7 nitrogen and oxygen atoms in total. The number of β-lactam (4-membered cyclic amide) rings is 1. The van der Waals surface area contributed by atoms with E-state index in [1.807, 2.05) is 48.5 Å². The highest BCUT2D eigenvalue weighted by atomic mass is 16.5. The van der Waals surface area contributed by atoms with Crippen molar-refractivity contribution in [1.82, 2.24) is 4.90 Å². The van der Waals surface area contributed by atoms with E-state index in [0.29, 0.717) is 23.3 Å². The number of benzene rings is 2. The fourth-order valence-electron chi connectivity index (χ4n) is 6.00. The summed E-state index contributed by atoms with van der Waals surface area (Å²) in [5.74, 6) is 0.214. The van der Waals surface area contributed by atoms with Gasteiger partial charge in [-0.05, 0) is 72.9 Å². The number of nitrogens with zero attached hydrogens (tertiary/aromatic N) is 1. The number of likely N-dealkylation sites (tertiary alicyclic amines) is 1. The van der Waals surface area contributed by atoms with Gasteiger partial charge in [-0.1, -0.05) is 51.5 Å². The van der Waals surface area contributed by atoms with E-state index in [-0.39, 0.29) is 23.7 Å². The Morgan fingerprint density at radius 1 is 0.895 bits per heavy atom. The summed E-state index contributed by atoms with van der Waals surface area (Å²) in [5.41, 5.74) is 1.60. The number of esters is 1. The summed E-state index contributed by atoms with van der Waals surface area (Å²) >= 11 is 0. The molecule has 1 aliphatic carbocycles. The Hall–Kier alpha value is -3.35. The molecule has 0 bridgehead atoms. The fraction of sp³-hybridized carbons (Fsp3) is 0.516. The summed E-state index contributed by atoms with van der Waals surface area (Å²) in [7, 11) is 3.18. The molecule has 2 aromatic rings. The highest BCUT2D eigenvalue weighted by Crippen LogP contribution is 2.43. The van der Waals surface area contributed by atoms with E-state index >= 15 is 0 Å². The molecule has 0 radical (unpaired) electrons. The number of ketones is 1. The predicted octanol–water partition coefficient (Wildman–Crippen LogP) is 5.21. The molecule has 1 amide bonds. The van der Waals surface area contributed by atoms with Crippen molar-refractivity contribution in [2.24, 2.45) is 23.7 Å². The average Bonchev–Trinajstić information content (AvgIpc) is 2.89. The fourth-order valence-corrected chi connectivity index (χ4v) is 6.00. The second kappa shape index (κ2) is 11.6. The molecule has 7 heteroatoms. The minimum absolute atomic E-state index is 0.225. The van der Waals surface area contributed by atoms with Crippen LogP contribution in [0.4, 0.5) is 0 Å². The second-order valence-corrected chi connectivity index (χ2v) is 11.0. The van der Waals surface area contributed by atoms with E-state index in [1.165, 1.54) is 11.8 Å². The Morgan fingerprint density at radius 2 is 1.42 bits per heavy atom. The minimum atomic E-state index is -1.04. The first-order chi connectivity index (χ1) is 18.2. The molecule has 1 saturated carbocycles. The number of hydrogen-bond donors (Lipinski definition) is 0. The first-order valence-electron chi connectivity index (χ1n) is 13.5. The molecule has 3 unspecified atom stereocenters. The number of ether oxygens (including phenoxy) is 3. The molecule has 0 aromatic heterocycles. The van der Waals surface area contributed by atoms with Gasteiger partial charge in [-0.2, -0.15) is 0 Å². The van der Waals surface area contributed by atoms with Crippen molar-refractivity contribution >= 4 is 17.7 Å². The lowest BCUT2D eigenvalue weighted by atomic mass is 9.75. The maximum Gasteiger partial charge on any atom is 0.330 e. The van der Waals surface area contributed by atoms with Crippen molar-refractivity contribution in [3.63, 3.8) is 0 Å². The Bertz CT molecular complexity index is 1090. The molecule has 1 heterocycles. The summed E-state index contributed by atoms with van der Waals surface area (Å²) in [6.07, 6.45) is 2.68. The summed E-state index contributed by atoms with van der Waals surface area (Å²) in [5, 5.41) is 0. The average molecular weight is 522 g/mol. The van der Waals surface area contributed by atoms with Gasteiger partial charge in [-0.3, -0.25) is 9.59 Å². The Kier molecular flexibility index (Phi) is 8.44. The van der Waals surface area contributed by atoms with Gasteiger partial charge >= 0.3 is 5.97 Å². The van der Waals surface area contributed by atoms with Gasteiger partial charge in [0.15, 0.2) is 0 Å². The zero-order valence-corrected chi connectivity index (χ0v) is 23.2. The van der Waals surface area contributed by atoms with Crippen LogP contribution in [0.3, 0.4) is 0 Å². The van der Waals surface area contributed by atoms with Crippen LogP contribution in [0.5, 0.6) is 11.5 Å². The molecule has 1 saturated heterocycles. The van der Waals surface area contributed by atoms with Crippen LogP contribution in [-0.4, -0.2) is 48.9 Å². The summed E-state index contributed by atoms with van der Waals surface area (Å²) < 4.78 is 16.8. The van der Waals surface area contributed by atoms with E-state index in [4.69, 9.17) is 14.2 Å². The van der Waals surface area contributed by atoms with Crippen molar-refractivity contribution in [1.29, 1.82) is 0 Å². The van der Waals surface area contributed by atoms with Crippen LogP contribution in [0, 0.1) is 23.7 Å². The lowest BCUT2D eigenvalue weighted by molar-refractivity contribution is -0.185. The number of amides is 1. The molecule has 38 heavy (non-hydrogen) atoms. The molecule has 2 fully saturated rings. The van der Waals surface area contributed by atoms with Gasteiger partial charge in [-0.25, -0.2) is 4.79 Å². The normalized spacial score (nSPS) is 25.2. The number of rotatable bonds is 9. The maximum atomic E-state index is 13.8. The van der Waals surface area contributed by atoms with Crippen molar-refractivity contribution < 1.29 is 28.6 Å². The Balaban J connectivity index is 1.71. The first-order valence-corrected chi connectivity index (χ1v) is 13.5. The number of carbonyl (C=O) groups is 3. The molecule has 1 aliphatic heterocycles. The van der Waals surface area contributed by atoms with Gasteiger partial charge in [0.05, 0.1) is 20.3 Å². The Morgan fingerprint density at radius 3 is 1.87 bits per heavy atom. The molecule has 4 rings (SSSR count). The molecule has 0 spiro atoms. The van der Waals surface area contributed by atoms with Crippen LogP contribution < -0.4 is 9.47 Å². The zero-order chi connectivity index (χ0) is 27.6. The summed E-state index contributed by atoms with van der Waals surface area (Å²) in [6, 6.07) is 13.2. The molecular formula is C31H39NO6. The molecule has 204 valence electrons. The van der Waals surface area contributed by atoms with Crippen LogP contribution in [0.25, 0.3) is 0 Å². The van der Waals surface area contributed by atoms with Gasteiger partial charge < -0.3 is 19.1 Å². The SMILES string of the molecule is COc1ccc(C(c2ccc(OC)cc2)N2C(=O)[C@@H](C(C)=O)[C@@H]2C(=O)OC2CC(C)CCC2C(C)C)cc1. The zero-order valence-electron chi connectivity index (χ0n) is 23.2. The molecule has 2 aromatic carbocycles. The van der Waals surface area contributed by atoms with Crippen LogP contribution in [-0.2, 0) is 19.1 Å². The highest BCUT2D eigenvalue weighted by molar-refractivity contribution is 6.11. The monoisotopic (exact) mass is 521 g/mol. The lowest BCUT2D eigenvalue weighted by Crippen LogP contribution is -2.68. The van der Waals surface area contributed by atoms with Crippen molar-refractivity contribution in [2.75, 3.05) is 14.2 Å². The minimum Gasteiger partial charge on any atom is -0.497 e. The van der Waals surface area contributed by atoms with Crippen molar-refractivity contribution in [3.05, 3.63) is 59.7 Å². The molecule has 0 N–H and O–H groups in total. The van der Waals surface area contributed by atoms with Gasteiger partial charge in [0.2, 0.25) is 5.91 Å². The van der Waals surface area contributed by atoms with Gasteiger partial charge in [0.25, 0.3) is 0 Å². The molecule has 2 aliphatic rings. The predicted molar refractivity (Wildman–Crippen MR) is 144 cm³/mol. The summed E-state index contributed by atoms with van der Waals surface area (Å²) in [4.78, 5) is 41.4. The number of methoxy groups -OCH3 is 2. The second-order valence-electron chi connectivity index (χ2n) is 11.0. The van der Waals surface area contributed by atoms with Crippen LogP contribution in [0.2, 0.25) is 0 Å². The topological polar surface area (TPSA) is 82.1 Å². The van der Waals surface area contributed by atoms with E-state index in [9.17, 15) is 14.4 Å². The van der Waals surface area contributed by atoms with Crippen LogP contribution in [0.15, 0.2) is 48.5 Å². The van der Waals surface area contributed by atoms with E-state index in [2.05, 4.69) is 20.8 Å². The van der Waals surface area contributed by atoms with Gasteiger partial charge in [0.1, 0.15) is 35.3 Å². The van der Waals surface area contributed by atoms with Crippen LogP contribution >= 0.6 is 0 Å². The van der Waals surface area contributed by atoms with Crippen molar-refractivity contribution in [3.8, 4) is 11.5 Å². The smallest absolute Gasteiger partial charge is 0.330 e. The third-order valence-corrected chi connectivity index (χ3v) is 8.19. The Labute approximate surface area is 225 Å². The van der Waals surface area contributed by atoms with Crippen LogP contribution in [0.1, 0.15) is 64.1 Å². The maximum absolute atomic E-state index is 13.8. The van der Waals surface area contributed by atoms with Crippen molar-refractivity contribution in [2.45, 2.75) is 65.1 Å². The number of Topliss-reactive ketones (excluding diaryl/α,β-unsaturated/α-hetero) is 1. The number of hydrogen-bond acceptors (Lipinski definition) is 6. The lowest BCUT2D eigenvalue weighted by Gasteiger charge is -2.49. The third-order valence-electron chi connectivity index (χ3n) is 8.19. The number of carbonyl (C=O) groups excluding carboxylic acids is 3.